The third-order valence-corrected chi connectivity index (χ3v) is 2.67. The van der Waals surface area contributed by atoms with E-state index < -0.39 is 0 Å². The topological polar surface area (TPSA) is 9.23 Å². The van der Waals surface area contributed by atoms with Crippen molar-refractivity contribution in [1.29, 1.82) is 0 Å². The van der Waals surface area contributed by atoms with Crippen LogP contribution in [0.3, 0.4) is 0 Å². The Morgan fingerprint density at radius 1 is 1.36 bits per heavy atom. The summed E-state index contributed by atoms with van der Waals surface area (Å²) in [7, 11) is 0. The fraction of sp³-hybridized carbons (Fsp3) is 1.00. The maximum atomic E-state index is 5.67. The lowest BCUT2D eigenvalue weighted by Crippen LogP contribution is -2.10. The summed E-state index contributed by atoms with van der Waals surface area (Å²) in [6, 6.07) is 0. The molecule has 66 valence electrons. The fourth-order valence-electron chi connectivity index (χ4n) is 1.97. The van der Waals surface area contributed by atoms with Crippen molar-refractivity contribution in [2.45, 2.75) is 58.7 Å². The zero-order chi connectivity index (χ0) is 8.27. The molecule has 0 N–H and O–H groups in total. The average Bonchev–Trinajstić information content (AvgIpc) is 2.26. The van der Waals surface area contributed by atoms with E-state index in [1.54, 1.807) is 0 Å². The van der Waals surface area contributed by atoms with Crippen LogP contribution in [0, 0.1) is 5.92 Å². The first-order chi connectivity index (χ1) is 5.24. The first-order valence-corrected chi connectivity index (χ1v) is 4.89. The molecule has 1 heterocycles. The summed E-state index contributed by atoms with van der Waals surface area (Å²) in [5.41, 5.74) is 0. The van der Waals surface area contributed by atoms with Gasteiger partial charge in [0.2, 0.25) is 0 Å². The van der Waals surface area contributed by atoms with Crippen LogP contribution < -0.4 is 0 Å². The maximum absolute atomic E-state index is 5.67. The van der Waals surface area contributed by atoms with E-state index in [0.717, 1.165) is 5.92 Å². The molecule has 0 aliphatic carbocycles. The molecular formula is C10H20O. The van der Waals surface area contributed by atoms with Gasteiger partial charge in [0, 0.05) is 0 Å². The van der Waals surface area contributed by atoms with Crippen LogP contribution in [-0.4, -0.2) is 12.2 Å². The second-order valence-electron chi connectivity index (χ2n) is 3.79. The Bertz CT molecular complexity index is 111. The maximum Gasteiger partial charge on any atom is 0.0579 e. The molecule has 1 nitrogen and oxygen atoms in total. The highest BCUT2D eigenvalue weighted by Gasteiger charge is 2.28. The third-order valence-electron chi connectivity index (χ3n) is 2.67. The highest BCUT2D eigenvalue weighted by atomic mass is 16.5. The normalized spacial score (nSPS) is 37.9. The van der Waals surface area contributed by atoms with Crippen LogP contribution in [0.15, 0.2) is 0 Å². The zero-order valence-corrected chi connectivity index (χ0v) is 7.97. The van der Waals surface area contributed by atoms with Gasteiger partial charge in [0.25, 0.3) is 0 Å². The SMILES string of the molecule is CCCCC1CC(C)OC1C. The quantitative estimate of drug-likeness (QED) is 0.610. The second-order valence-corrected chi connectivity index (χ2v) is 3.79. The van der Waals surface area contributed by atoms with Crippen molar-refractivity contribution in [3.8, 4) is 0 Å². The molecule has 1 rings (SSSR count). The van der Waals surface area contributed by atoms with Crippen molar-refractivity contribution < 1.29 is 4.74 Å². The van der Waals surface area contributed by atoms with Gasteiger partial charge in [-0.1, -0.05) is 19.8 Å². The summed E-state index contributed by atoms with van der Waals surface area (Å²) in [5, 5.41) is 0. The van der Waals surface area contributed by atoms with Crippen LogP contribution in [0.1, 0.15) is 46.5 Å². The van der Waals surface area contributed by atoms with Gasteiger partial charge in [0.1, 0.15) is 0 Å². The third kappa shape index (κ3) is 2.48. The first kappa shape index (κ1) is 9.05. The largest absolute Gasteiger partial charge is 0.375 e. The Labute approximate surface area is 70.1 Å². The Kier molecular flexibility index (Phi) is 3.38. The molecule has 1 aliphatic heterocycles. The van der Waals surface area contributed by atoms with Gasteiger partial charge in [0.05, 0.1) is 12.2 Å². The molecule has 3 atom stereocenters. The monoisotopic (exact) mass is 156 g/mol. The van der Waals surface area contributed by atoms with E-state index in [1.165, 1.54) is 25.7 Å². The minimum Gasteiger partial charge on any atom is -0.375 e. The Hall–Kier alpha value is -0.0400. The molecular weight excluding hydrogens is 136 g/mol. The van der Waals surface area contributed by atoms with Crippen LogP contribution in [0.5, 0.6) is 0 Å². The number of hydrogen-bond acceptors (Lipinski definition) is 1. The van der Waals surface area contributed by atoms with E-state index in [9.17, 15) is 0 Å². The van der Waals surface area contributed by atoms with Crippen molar-refractivity contribution in [1.82, 2.24) is 0 Å². The molecule has 0 aromatic heterocycles. The van der Waals surface area contributed by atoms with E-state index in [4.69, 9.17) is 4.74 Å². The predicted octanol–water partition coefficient (Wildman–Crippen LogP) is 2.99. The molecule has 1 fully saturated rings. The zero-order valence-electron chi connectivity index (χ0n) is 7.97. The lowest BCUT2D eigenvalue weighted by atomic mass is 9.95. The minimum atomic E-state index is 0.506. The fourth-order valence-corrected chi connectivity index (χ4v) is 1.97. The van der Waals surface area contributed by atoms with Gasteiger partial charge >= 0.3 is 0 Å². The second kappa shape index (κ2) is 4.10. The molecule has 0 amide bonds. The van der Waals surface area contributed by atoms with Crippen LogP contribution in [0.4, 0.5) is 0 Å². The number of unbranched alkanes of at least 4 members (excludes halogenated alkanes) is 1. The van der Waals surface area contributed by atoms with Gasteiger partial charge in [-0.2, -0.15) is 0 Å². The van der Waals surface area contributed by atoms with Crippen molar-refractivity contribution in [3.63, 3.8) is 0 Å². The van der Waals surface area contributed by atoms with Gasteiger partial charge < -0.3 is 4.74 Å². The smallest absolute Gasteiger partial charge is 0.0579 e. The predicted molar refractivity (Wildman–Crippen MR) is 47.6 cm³/mol. The summed E-state index contributed by atoms with van der Waals surface area (Å²) in [6.45, 7) is 6.65. The molecule has 11 heavy (non-hydrogen) atoms. The molecule has 3 unspecified atom stereocenters. The highest BCUT2D eigenvalue weighted by Crippen LogP contribution is 2.29. The number of rotatable bonds is 3. The number of ether oxygens (including phenoxy) is 1. The van der Waals surface area contributed by atoms with Crippen molar-refractivity contribution in [2.75, 3.05) is 0 Å². The molecule has 1 aliphatic rings. The molecule has 0 aromatic carbocycles. The summed E-state index contributed by atoms with van der Waals surface area (Å²) < 4.78 is 5.67. The number of hydrogen-bond donors (Lipinski definition) is 0. The Morgan fingerprint density at radius 3 is 2.55 bits per heavy atom. The van der Waals surface area contributed by atoms with Gasteiger partial charge in [0.15, 0.2) is 0 Å². The molecule has 1 heteroatoms. The van der Waals surface area contributed by atoms with Crippen molar-refractivity contribution >= 4 is 0 Å². The summed E-state index contributed by atoms with van der Waals surface area (Å²) in [5.74, 6) is 0.838. The van der Waals surface area contributed by atoms with Crippen molar-refractivity contribution in [2.24, 2.45) is 5.92 Å². The Balaban J connectivity index is 2.23. The lowest BCUT2D eigenvalue weighted by Gasteiger charge is -2.12. The summed E-state index contributed by atoms with van der Waals surface area (Å²) >= 11 is 0. The molecule has 1 saturated heterocycles. The minimum absolute atomic E-state index is 0.506. The van der Waals surface area contributed by atoms with Gasteiger partial charge in [-0.25, -0.2) is 0 Å². The van der Waals surface area contributed by atoms with E-state index in [2.05, 4.69) is 20.8 Å². The van der Waals surface area contributed by atoms with Crippen LogP contribution in [0.25, 0.3) is 0 Å². The standard InChI is InChI=1S/C10H20O/c1-4-5-6-10-7-8(2)11-9(10)3/h8-10H,4-7H2,1-3H3. The molecule has 0 radical (unpaired) electrons. The van der Waals surface area contributed by atoms with Crippen LogP contribution >= 0.6 is 0 Å². The van der Waals surface area contributed by atoms with Crippen LogP contribution in [-0.2, 0) is 4.74 Å². The van der Waals surface area contributed by atoms with Gasteiger partial charge in [-0.15, -0.1) is 0 Å². The first-order valence-electron chi connectivity index (χ1n) is 4.89. The lowest BCUT2D eigenvalue weighted by molar-refractivity contribution is 0.0548. The molecule has 0 saturated carbocycles. The van der Waals surface area contributed by atoms with E-state index in [-0.39, 0.29) is 0 Å². The summed E-state index contributed by atoms with van der Waals surface area (Å²) in [4.78, 5) is 0. The summed E-state index contributed by atoms with van der Waals surface area (Å²) in [6.07, 6.45) is 6.34. The van der Waals surface area contributed by atoms with E-state index in [1.807, 2.05) is 0 Å². The molecule has 0 bridgehead atoms. The van der Waals surface area contributed by atoms with Crippen LogP contribution in [0.2, 0.25) is 0 Å². The van der Waals surface area contributed by atoms with Gasteiger partial charge in [-0.3, -0.25) is 0 Å². The van der Waals surface area contributed by atoms with Gasteiger partial charge in [-0.05, 0) is 32.6 Å². The molecule has 0 aromatic rings. The Morgan fingerprint density at radius 2 is 2.09 bits per heavy atom. The van der Waals surface area contributed by atoms with E-state index in [0.29, 0.717) is 12.2 Å². The average molecular weight is 156 g/mol. The van der Waals surface area contributed by atoms with Crippen molar-refractivity contribution in [3.05, 3.63) is 0 Å². The van der Waals surface area contributed by atoms with E-state index >= 15 is 0 Å². The highest BCUT2D eigenvalue weighted by molar-refractivity contribution is 4.76. The molecule has 0 spiro atoms.